The van der Waals surface area contributed by atoms with Gasteiger partial charge in [-0.15, -0.1) is 0 Å². The average Bonchev–Trinajstić information content (AvgIpc) is 3.47. The van der Waals surface area contributed by atoms with Gasteiger partial charge in [-0.1, -0.05) is 78.3 Å². The van der Waals surface area contributed by atoms with E-state index < -0.39 is 28.9 Å². The van der Waals surface area contributed by atoms with Crippen LogP contribution >= 0.6 is 17.0 Å². The van der Waals surface area contributed by atoms with Crippen LogP contribution < -0.4 is 0 Å². The van der Waals surface area contributed by atoms with E-state index in [-0.39, 0.29) is 14.9 Å². The van der Waals surface area contributed by atoms with Gasteiger partial charge in [-0.2, -0.15) is 0 Å². The second-order valence-electron chi connectivity index (χ2n) is 13.4. The standard InChI is InChI=1S/C28H51NSi.2CH3.2ClH.Zr/c1-6-7-10-20-14-15-21(18-20)30(4,5)28-23-12-9-8-11-22(23)27-26(28)24-17-19(2)13-16-25(24)29(27)3;;;;;/h19-28H,6-18H2,1-5H3;2*1H3;2*1H;/q;2*-1;;;+4/p-2. The van der Waals surface area contributed by atoms with Crippen LogP contribution in [0.5, 0.6) is 0 Å². The summed E-state index contributed by atoms with van der Waals surface area (Å²) in [5, 5.41) is 0. The summed E-state index contributed by atoms with van der Waals surface area (Å²) >= 11 is -0.826. The fourth-order valence-electron chi connectivity index (χ4n) is 10.3. The second-order valence-corrected chi connectivity index (χ2v) is 22.3. The molecule has 5 aliphatic rings. The van der Waals surface area contributed by atoms with Gasteiger partial charge in [-0.3, -0.25) is 4.90 Å². The molecule has 10 atom stereocenters. The molecule has 0 aromatic carbocycles. The normalized spacial score (nSPS) is 42.4. The van der Waals surface area contributed by atoms with Gasteiger partial charge in [0.1, 0.15) is 0 Å². The molecule has 5 fully saturated rings. The van der Waals surface area contributed by atoms with Crippen molar-refractivity contribution in [2.24, 2.45) is 35.5 Å². The molecule has 0 N–H and O–H groups in total. The molecule has 0 radical (unpaired) electrons. The number of likely N-dealkylation sites (tertiary alicyclic amines) is 1. The number of unbranched alkanes of at least 4 members (excludes halogenated alkanes) is 1. The number of halogens is 2. The summed E-state index contributed by atoms with van der Waals surface area (Å²) in [5.74, 6) is 6.34. The van der Waals surface area contributed by atoms with Gasteiger partial charge in [0.15, 0.2) is 0 Å². The monoisotopic (exact) mass is 619 g/mol. The summed E-state index contributed by atoms with van der Waals surface area (Å²) in [6.45, 7) is 10.7. The van der Waals surface area contributed by atoms with Crippen LogP contribution in [0.2, 0.25) is 24.2 Å². The van der Waals surface area contributed by atoms with Crippen molar-refractivity contribution in [3.8, 4) is 0 Å². The van der Waals surface area contributed by atoms with Crippen LogP contribution in [0.3, 0.4) is 0 Å². The number of rotatable bonds is 5. The van der Waals surface area contributed by atoms with Crippen molar-refractivity contribution in [1.82, 2.24) is 4.90 Å². The molecule has 0 aromatic heterocycles. The Kier molecular flexibility index (Phi) is 13.4. The van der Waals surface area contributed by atoms with E-state index in [9.17, 15) is 0 Å². The van der Waals surface area contributed by atoms with Crippen molar-refractivity contribution in [1.29, 1.82) is 0 Å². The summed E-state index contributed by atoms with van der Waals surface area (Å²) in [6.07, 6.45) is 20.0. The Morgan fingerprint density at radius 2 is 1.54 bits per heavy atom. The van der Waals surface area contributed by atoms with E-state index >= 15 is 0 Å². The molecule has 0 bridgehead atoms. The Morgan fingerprint density at radius 1 is 0.886 bits per heavy atom. The predicted molar refractivity (Wildman–Crippen MR) is 157 cm³/mol. The molecule has 1 aliphatic heterocycles. The molecular formula is C30H57Cl2NSiZr. The molecule has 1 heterocycles. The van der Waals surface area contributed by atoms with Crippen LogP contribution in [-0.4, -0.2) is 32.1 Å². The van der Waals surface area contributed by atoms with Crippen molar-refractivity contribution in [2.75, 3.05) is 7.05 Å². The Labute approximate surface area is 240 Å². The summed E-state index contributed by atoms with van der Waals surface area (Å²) < 4.78 is 0. The first-order valence-electron chi connectivity index (χ1n) is 14.5. The first kappa shape index (κ1) is 32.8. The molecule has 0 aromatic rings. The molecule has 10 unspecified atom stereocenters. The first-order valence-corrected chi connectivity index (χ1v) is 24.0. The first-order chi connectivity index (χ1) is 15.8. The molecule has 1 nitrogen and oxygen atoms in total. The fourth-order valence-corrected chi connectivity index (χ4v) is 15.7. The summed E-state index contributed by atoms with van der Waals surface area (Å²) in [5.41, 5.74) is 2.28. The van der Waals surface area contributed by atoms with Gasteiger partial charge < -0.3 is 14.9 Å². The molecule has 1 saturated heterocycles. The van der Waals surface area contributed by atoms with Gasteiger partial charge >= 0.3 is 37.9 Å². The predicted octanol–water partition coefficient (Wildman–Crippen LogP) is 10.3. The van der Waals surface area contributed by atoms with E-state index in [4.69, 9.17) is 17.0 Å². The molecule has 4 saturated carbocycles. The molecule has 204 valence electrons. The van der Waals surface area contributed by atoms with Gasteiger partial charge in [-0.05, 0) is 85.7 Å². The third-order valence-electron chi connectivity index (χ3n) is 11.6. The van der Waals surface area contributed by atoms with Crippen LogP contribution in [0.25, 0.3) is 0 Å². The zero-order valence-corrected chi connectivity index (χ0v) is 29.1. The number of nitrogens with zero attached hydrogens (tertiary/aromatic N) is 1. The Morgan fingerprint density at radius 3 is 2.20 bits per heavy atom. The minimum absolute atomic E-state index is 0. The zero-order valence-electron chi connectivity index (χ0n) is 24.2. The molecule has 4 aliphatic carbocycles. The van der Waals surface area contributed by atoms with Crippen LogP contribution in [0.15, 0.2) is 0 Å². The number of fused-ring (bicyclic) bond motifs is 5. The maximum atomic E-state index is 4.93. The Bertz CT molecular complexity index is 633. The molecule has 5 heteroatoms. The summed E-state index contributed by atoms with van der Waals surface area (Å²) in [4.78, 5) is 2.99. The Balaban J connectivity index is 0.000000823. The third-order valence-corrected chi connectivity index (χ3v) is 16.8. The van der Waals surface area contributed by atoms with Gasteiger partial charge in [0.05, 0.1) is 8.07 Å². The SMILES string of the molecule is CCCCC1CCC([Si](C)(C)C2C3CCCCC3C3C2C2CC(C)CCC2N3C)C1.[CH3-].[CH3-].[Cl][Zr+2][Cl]. The van der Waals surface area contributed by atoms with Crippen LogP contribution in [0, 0.1) is 50.4 Å². The van der Waals surface area contributed by atoms with Crippen LogP contribution in [0.4, 0.5) is 0 Å². The minimum atomic E-state index is -1.27. The zero-order chi connectivity index (χ0) is 23.8. The van der Waals surface area contributed by atoms with Gasteiger partial charge in [0.2, 0.25) is 0 Å². The average molecular weight is 622 g/mol. The third kappa shape index (κ3) is 6.52. The molecule has 0 amide bonds. The second kappa shape index (κ2) is 14.3. The summed E-state index contributed by atoms with van der Waals surface area (Å²) in [6, 6.07) is 1.90. The fraction of sp³-hybridized carbons (Fsp3) is 0.933. The number of hydrogen-bond acceptors (Lipinski definition) is 1. The maximum absolute atomic E-state index is 4.93. The van der Waals surface area contributed by atoms with Crippen molar-refractivity contribution < 1.29 is 20.8 Å². The van der Waals surface area contributed by atoms with E-state index in [2.05, 4.69) is 38.9 Å². The van der Waals surface area contributed by atoms with E-state index in [0.717, 1.165) is 58.7 Å². The molecule has 35 heavy (non-hydrogen) atoms. The van der Waals surface area contributed by atoms with Crippen LogP contribution in [0.1, 0.15) is 97.3 Å². The van der Waals surface area contributed by atoms with Gasteiger partial charge in [-0.25, -0.2) is 0 Å². The number of hydrogen-bond donors (Lipinski definition) is 0. The Hall–Kier alpha value is 1.64. The van der Waals surface area contributed by atoms with Crippen molar-refractivity contribution in [3.05, 3.63) is 14.9 Å². The summed E-state index contributed by atoms with van der Waals surface area (Å²) in [7, 11) is 11.2. The van der Waals surface area contributed by atoms with Gasteiger partial charge in [0.25, 0.3) is 0 Å². The van der Waals surface area contributed by atoms with Crippen molar-refractivity contribution in [2.45, 2.75) is 134 Å². The molecule has 0 spiro atoms. The van der Waals surface area contributed by atoms with E-state index in [1.165, 1.54) is 38.5 Å². The van der Waals surface area contributed by atoms with E-state index in [1.54, 1.807) is 44.9 Å². The van der Waals surface area contributed by atoms with Crippen molar-refractivity contribution in [3.63, 3.8) is 0 Å². The van der Waals surface area contributed by atoms with Gasteiger partial charge in [0, 0.05) is 12.1 Å². The quantitative estimate of drug-likeness (QED) is 0.218. The van der Waals surface area contributed by atoms with E-state index in [0.29, 0.717) is 0 Å². The molecular weight excluding hydrogens is 565 g/mol. The topological polar surface area (TPSA) is 3.24 Å². The van der Waals surface area contributed by atoms with Crippen LogP contribution in [-0.2, 0) is 20.8 Å². The molecule has 5 rings (SSSR count). The van der Waals surface area contributed by atoms with Crippen molar-refractivity contribution >= 4 is 25.1 Å². The van der Waals surface area contributed by atoms with E-state index in [1.807, 2.05) is 0 Å².